The third-order valence-corrected chi connectivity index (χ3v) is 4.46. The monoisotopic (exact) mass is 418 g/mol. The van der Waals surface area contributed by atoms with E-state index >= 15 is 0 Å². The fourth-order valence-electron chi connectivity index (χ4n) is 2.77. The molecule has 0 aliphatic rings. The Balaban J connectivity index is 2.63. The van der Waals surface area contributed by atoms with Crippen molar-refractivity contribution < 1.29 is 0 Å². The van der Waals surface area contributed by atoms with Crippen molar-refractivity contribution in [2.75, 3.05) is 0 Å². The Kier molecular flexibility index (Phi) is 6.83. The lowest BCUT2D eigenvalue weighted by atomic mass is 10.2. The SMILES string of the molecule is C=CN=C(C=C)Cn1c(C)c2c(=O)n(C/C(=C/C(=C)Cl)C(=C)Cl)[nH]c2cc1=O. The summed E-state index contributed by atoms with van der Waals surface area (Å²) in [5.74, 6) is 0. The quantitative estimate of drug-likeness (QED) is 0.519. The maximum absolute atomic E-state index is 12.9. The van der Waals surface area contributed by atoms with Gasteiger partial charge in [0.05, 0.1) is 29.7 Å². The number of aliphatic imine (C=N–C) groups is 1. The zero-order valence-electron chi connectivity index (χ0n) is 15.5. The highest BCUT2D eigenvalue weighted by atomic mass is 35.5. The maximum atomic E-state index is 12.9. The number of halogens is 2. The number of nitrogens with one attached hydrogen (secondary N) is 1. The van der Waals surface area contributed by atoms with E-state index in [-0.39, 0.29) is 34.3 Å². The van der Waals surface area contributed by atoms with Gasteiger partial charge in [-0.3, -0.25) is 19.7 Å². The molecule has 0 aliphatic carbocycles. The molecule has 0 spiro atoms. The summed E-state index contributed by atoms with van der Waals surface area (Å²) in [6.45, 7) is 16.5. The minimum atomic E-state index is -0.300. The van der Waals surface area contributed by atoms with Gasteiger partial charge in [-0.15, -0.1) is 0 Å². The van der Waals surface area contributed by atoms with E-state index in [1.807, 2.05) is 0 Å². The van der Waals surface area contributed by atoms with Crippen molar-refractivity contribution in [2.45, 2.75) is 20.0 Å². The van der Waals surface area contributed by atoms with Crippen LogP contribution >= 0.6 is 23.2 Å². The number of fused-ring (bicyclic) bond motifs is 1. The predicted molar refractivity (Wildman–Crippen MR) is 117 cm³/mol. The van der Waals surface area contributed by atoms with Gasteiger partial charge in [-0.1, -0.05) is 49.5 Å². The van der Waals surface area contributed by atoms with E-state index in [1.165, 1.54) is 33.7 Å². The number of pyridine rings is 1. The van der Waals surface area contributed by atoms with Crippen LogP contribution in [0.15, 0.2) is 81.0 Å². The van der Waals surface area contributed by atoms with Gasteiger partial charge in [-0.05, 0) is 24.6 Å². The fraction of sp³-hybridized carbons (Fsp3) is 0.150. The van der Waals surface area contributed by atoms with Gasteiger partial charge in [0.1, 0.15) is 0 Å². The fourth-order valence-corrected chi connectivity index (χ4v) is 3.02. The number of allylic oxidation sites excluding steroid dienone is 5. The smallest absolute Gasteiger partial charge is 0.276 e. The van der Waals surface area contributed by atoms with Crippen molar-refractivity contribution in [1.82, 2.24) is 14.3 Å². The van der Waals surface area contributed by atoms with E-state index in [0.29, 0.717) is 27.9 Å². The van der Waals surface area contributed by atoms with E-state index in [4.69, 9.17) is 23.2 Å². The van der Waals surface area contributed by atoms with E-state index in [1.54, 1.807) is 6.92 Å². The molecule has 0 aromatic carbocycles. The normalized spacial score (nSPS) is 12.2. The lowest BCUT2D eigenvalue weighted by molar-refractivity contribution is 0.670. The molecule has 0 radical (unpaired) electrons. The summed E-state index contributed by atoms with van der Waals surface area (Å²) in [6.07, 6.45) is 4.44. The first-order chi connectivity index (χ1) is 13.2. The lowest BCUT2D eigenvalue weighted by Gasteiger charge is -2.09. The van der Waals surface area contributed by atoms with Gasteiger partial charge in [0.25, 0.3) is 11.1 Å². The Morgan fingerprint density at radius 2 is 1.93 bits per heavy atom. The Morgan fingerprint density at radius 1 is 1.25 bits per heavy atom. The number of aromatic nitrogens is 3. The second kappa shape index (κ2) is 8.91. The summed E-state index contributed by atoms with van der Waals surface area (Å²) >= 11 is 11.8. The molecule has 0 bridgehead atoms. The molecule has 0 aliphatic heterocycles. The molecule has 0 atom stereocenters. The number of hydrogen-bond donors (Lipinski definition) is 1. The number of H-pyrrole nitrogens is 1. The van der Waals surface area contributed by atoms with E-state index < -0.39 is 0 Å². The molecular formula is C20H20Cl2N4O2. The number of aryl methyl sites for hydroxylation is 1. The van der Waals surface area contributed by atoms with Crippen molar-refractivity contribution in [3.05, 3.63) is 92.8 Å². The molecule has 2 aromatic heterocycles. The first-order valence-electron chi connectivity index (χ1n) is 8.22. The zero-order valence-corrected chi connectivity index (χ0v) is 17.0. The van der Waals surface area contributed by atoms with Crippen molar-refractivity contribution >= 4 is 39.8 Å². The standard InChI is InChI=1S/C20H20Cl2N4O2/c1-6-16(23-7-2)11-25-14(5)19-17(9-18(25)27)24-26(20(19)28)10-15(13(4)22)8-12(3)21/h6-9,24H,1-4,10-11H2,5H3/b15-8-,23-16?. The first kappa shape index (κ1) is 21.5. The van der Waals surface area contributed by atoms with Gasteiger partial charge < -0.3 is 4.57 Å². The van der Waals surface area contributed by atoms with Gasteiger partial charge in [-0.2, -0.15) is 0 Å². The molecule has 0 unspecified atom stereocenters. The van der Waals surface area contributed by atoms with Crippen LogP contribution in [-0.4, -0.2) is 20.1 Å². The summed E-state index contributed by atoms with van der Waals surface area (Å²) in [6, 6.07) is 1.37. The van der Waals surface area contributed by atoms with Crippen LogP contribution in [0.5, 0.6) is 0 Å². The highest BCUT2D eigenvalue weighted by Crippen LogP contribution is 2.18. The van der Waals surface area contributed by atoms with Gasteiger partial charge in [0.15, 0.2) is 0 Å². The van der Waals surface area contributed by atoms with Crippen molar-refractivity contribution in [3.8, 4) is 0 Å². The highest BCUT2D eigenvalue weighted by Gasteiger charge is 2.16. The number of nitrogens with zero attached hydrogens (tertiary/aromatic N) is 3. The highest BCUT2D eigenvalue weighted by molar-refractivity contribution is 6.33. The molecule has 0 saturated carbocycles. The first-order valence-corrected chi connectivity index (χ1v) is 8.97. The molecular weight excluding hydrogens is 399 g/mol. The Hall–Kier alpha value is -2.83. The second-order valence-electron chi connectivity index (χ2n) is 5.97. The average molecular weight is 419 g/mol. The lowest BCUT2D eigenvalue weighted by Crippen LogP contribution is -2.26. The molecule has 2 heterocycles. The predicted octanol–water partition coefficient (Wildman–Crippen LogP) is 4.00. The van der Waals surface area contributed by atoms with Crippen LogP contribution in [0, 0.1) is 6.92 Å². The average Bonchev–Trinajstić information content (AvgIpc) is 2.92. The third-order valence-electron chi connectivity index (χ3n) is 4.10. The molecule has 2 rings (SSSR count). The topological polar surface area (TPSA) is 72.2 Å². The molecule has 0 saturated heterocycles. The molecule has 8 heteroatoms. The van der Waals surface area contributed by atoms with Crippen LogP contribution in [0.4, 0.5) is 0 Å². The molecule has 2 aromatic rings. The van der Waals surface area contributed by atoms with Crippen LogP contribution in [0.2, 0.25) is 0 Å². The Morgan fingerprint density at radius 3 is 2.46 bits per heavy atom. The summed E-state index contributed by atoms with van der Waals surface area (Å²) in [4.78, 5) is 29.6. The van der Waals surface area contributed by atoms with Crippen molar-refractivity contribution in [1.29, 1.82) is 0 Å². The molecule has 6 nitrogen and oxygen atoms in total. The summed E-state index contributed by atoms with van der Waals surface area (Å²) in [7, 11) is 0. The van der Waals surface area contributed by atoms with Crippen LogP contribution < -0.4 is 11.1 Å². The van der Waals surface area contributed by atoms with E-state index in [2.05, 4.69) is 36.4 Å². The van der Waals surface area contributed by atoms with Crippen molar-refractivity contribution in [3.63, 3.8) is 0 Å². The molecule has 146 valence electrons. The summed E-state index contributed by atoms with van der Waals surface area (Å²) in [5.41, 5.74) is 1.44. The van der Waals surface area contributed by atoms with Crippen LogP contribution in [0.25, 0.3) is 10.9 Å². The number of hydrogen-bond acceptors (Lipinski definition) is 3. The number of aromatic amines is 1. The minimum Gasteiger partial charge on any atom is -0.306 e. The van der Waals surface area contributed by atoms with Crippen LogP contribution in [0.3, 0.4) is 0 Å². The van der Waals surface area contributed by atoms with Gasteiger partial charge in [0, 0.05) is 28.0 Å². The maximum Gasteiger partial charge on any atom is 0.276 e. The Bertz CT molecular complexity index is 1160. The minimum absolute atomic E-state index is 0.102. The zero-order chi connectivity index (χ0) is 21.0. The van der Waals surface area contributed by atoms with Gasteiger partial charge in [0.2, 0.25) is 0 Å². The second-order valence-corrected chi connectivity index (χ2v) is 6.92. The molecule has 0 amide bonds. The van der Waals surface area contributed by atoms with Crippen molar-refractivity contribution in [2.24, 2.45) is 4.99 Å². The van der Waals surface area contributed by atoms with E-state index in [9.17, 15) is 9.59 Å². The summed E-state index contributed by atoms with van der Waals surface area (Å²) < 4.78 is 2.80. The van der Waals surface area contributed by atoms with E-state index in [0.717, 1.165) is 0 Å². The Labute approximate surface area is 172 Å². The molecule has 0 fully saturated rings. The summed E-state index contributed by atoms with van der Waals surface area (Å²) in [5, 5.41) is 3.82. The van der Waals surface area contributed by atoms with Gasteiger partial charge >= 0.3 is 0 Å². The van der Waals surface area contributed by atoms with Crippen LogP contribution in [0.1, 0.15) is 5.69 Å². The van der Waals surface area contributed by atoms with Gasteiger partial charge in [-0.25, -0.2) is 4.68 Å². The molecule has 1 N–H and O–H groups in total. The third kappa shape index (κ3) is 4.52. The molecule has 28 heavy (non-hydrogen) atoms. The number of rotatable bonds is 8. The van der Waals surface area contributed by atoms with Crippen LogP contribution in [-0.2, 0) is 13.1 Å². The largest absolute Gasteiger partial charge is 0.306 e.